The minimum atomic E-state index is -1.99. The van der Waals surface area contributed by atoms with Crippen LogP contribution in [-0.2, 0) is 27.1 Å². The van der Waals surface area contributed by atoms with E-state index in [9.17, 15) is 24.5 Å². The number of carbonyl (C=O) groups excluding carboxylic acids is 1. The van der Waals surface area contributed by atoms with Crippen molar-refractivity contribution < 1.29 is 34.0 Å². The molecule has 5 atom stereocenters. The SMILES string of the molecule is CC(C)/C(N)=C(\Cc1ccc(CCCC(=O)N2CCCCCC2)cc1)C(=N)OC1OC(CO)C(F)C(O)C1O. The van der Waals surface area contributed by atoms with Crippen LogP contribution in [0.5, 0.6) is 0 Å². The number of halogens is 1. The zero-order valence-electron chi connectivity index (χ0n) is 23.0. The van der Waals surface area contributed by atoms with Gasteiger partial charge in [0.1, 0.15) is 18.3 Å². The fourth-order valence-electron chi connectivity index (χ4n) is 4.94. The van der Waals surface area contributed by atoms with Crippen molar-refractivity contribution in [3.8, 4) is 0 Å². The summed E-state index contributed by atoms with van der Waals surface area (Å²) in [5, 5.41) is 38.1. The van der Waals surface area contributed by atoms with Crippen LogP contribution in [0.1, 0.15) is 63.5 Å². The maximum Gasteiger partial charge on any atom is 0.231 e. The van der Waals surface area contributed by atoms with E-state index in [0.717, 1.165) is 49.9 Å². The molecule has 1 aromatic carbocycles. The van der Waals surface area contributed by atoms with Gasteiger partial charge in [-0.1, -0.05) is 51.0 Å². The Morgan fingerprint density at radius 3 is 2.33 bits per heavy atom. The maximum atomic E-state index is 14.1. The molecule has 10 heteroatoms. The number of benzene rings is 1. The highest BCUT2D eigenvalue weighted by atomic mass is 19.1. The Morgan fingerprint density at radius 1 is 1.13 bits per heavy atom. The predicted octanol–water partition coefficient (Wildman–Crippen LogP) is 2.59. The van der Waals surface area contributed by atoms with Gasteiger partial charge in [0.05, 0.1) is 6.61 Å². The van der Waals surface area contributed by atoms with Gasteiger partial charge in [-0.25, -0.2) is 4.39 Å². The molecule has 2 aliphatic heterocycles. The molecule has 6 N–H and O–H groups in total. The van der Waals surface area contributed by atoms with E-state index in [0.29, 0.717) is 17.7 Å². The Balaban J connectivity index is 1.60. The zero-order valence-corrected chi connectivity index (χ0v) is 23.0. The predicted molar refractivity (Wildman–Crippen MR) is 146 cm³/mol. The van der Waals surface area contributed by atoms with Crippen LogP contribution in [0.15, 0.2) is 35.5 Å². The summed E-state index contributed by atoms with van der Waals surface area (Å²) < 4.78 is 24.9. The lowest BCUT2D eigenvalue weighted by atomic mass is 9.96. The summed E-state index contributed by atoms with van der Waals surface area (Å²) in [5.74, 6) is -0.228. The lowest BCUT2D eigenvalue weighted by molar-refractivity contribution is -0.269. The number of ether oxygens (including phenoxy) is 2. The van der Waals surface area contributed by atoms with Crippen molar-refractivity contribution in [1.29, 1.82) is 5.41 Å². The molecule has 9 nitrogen and oxygen atoms in total. The van der Waals surface area contributed by atoms with Crippen molar-refractivity contribution >= 4 is 11.8 Å². The molecule has 2 fully saturated rings. The summed E-state index contributed by atoms with van der Waals surface area (Å²) >= 11 is 0. The van der Waals surface area contributed by atoms with E-state index in [4.69, 9.17) is 20.6 Å². The number of hydrogen-bond acceptors (Lipinski definition) is 8. The van der Waals surface area contributed by atoms with E-state index in [1.54, 1.807) is 0 Å². The van der Waals surface area contributed by atoms with Crippen LogP contribution in [0, 0.1) is 11.3 Å². The van der Waals surface area contributed by atoms with Crippen molar-refractivity contribution in [2.75, 3.05) is 19.7 Å². The van der Waals surface area contributed by atoms with Gasteiger partial charge in [0.2, 0.25) is 18.1 Å². The number of carbonyl (C=O) groups is 1. The largest absolute Gasteiger partial charge is 0.445 e. The van der Waals surface area contributed by atoms with E-state index in [1.807, 2.05) is 43.0 Å². The third-order valence-corrected chi connectivity index (χ3v) is 7.50. The van der Waals surface area contributed by atoms with Crippen LogP contribution >= 0.6 is 0 Å². The molecule has 2 heterocycles. The average molecular weight is 550 g/mol. The molecule has 5 unspecified atom stereocenters. The van der Waals surface area contributed by atoms with Crippen LogP contribution < -0.4 is 5.73 Å². The second-order valence-electron chi connectivity index (χ2n) is 10.8. The first-order valence-electron chi connectivity index (χ1n) is 14.0. The van der Waals surface area contributed by atoms with Gasteiger partial charge in [0, 0.05) is 37.2 Å². The third kappa shape index (κ3) is 8.48. The first-order chi connectivity index (χ1) is 18.6. The monoisotopic (exact) mass is 549 g/mol. The minimum Gasteiger partial charge on any atom is -0.445 e. The molecule has 2 saturated heterocycles. The van der Waals surface area contributed by atoms with Crippen molar-refractivity contribution in [1.82, 2.24) is 4.90 Å². The number of aryl methyl sites for hydroxylation is 1. The zero-order chi connectivity index (χ0) is 28.5. The Kier molecular flexibility index (Phi) is 11.7. The smallest absolute Gasteiger partial charge is 0.231 e. The number of nitrogens with two attached hydrogens (primary N) is 1. The molecule has 0 bridgehead atoms. The number of aliphatic hydroxyl groups excluding tert-OH is 3. The number of aliphatic hydroxyl groups is 3. The summed E-state index contributed by atoms with van der Waals surface area (Å²) in [5.41, 5.74) is 9.11. The normalized spacial score (nSPS) is 26.6. The molecule has 0 spiro atoms. The van der Waals surface area contributed by atoms with E-state index in [1.165, 1.54) is 12.8 Å². The van der Waals surface area contributed by atoms with Crippen LogP contribution in [-0.4, -0.2) is 82.5 Å². The first-order valence-corrected chi connectivity index (χ1v) is 14.0. The minimum absolute atomic E-state index is 0.104. The fourth-order valence-corrected chi connectivity index (χ4v) is 4.94. The number of amides is 1. The molecule has 218 valence electrons. The van der Waals surface area contributed by atoms with Crippen molar-refractivity contribution in [2.45, 2.75) is 96.0 Å². The van der Waals surface area contributed by atoms with E-state index < -0.39 is 37.4 Å². The number of alkyl halides is 1. The molecule has 0 saturated carbocycles. The molecule has 39 heavy (non-hydrogen) atoms. The topological polar surface area (TPSA) is 149 Å². The lowest BCUT2D eigenvalue weighted by Gasteiger charge is -2.38. The van der Waals surface area contributed by atoms with Gasteiger partial charge in [-0.3, -0.25) is 10.2 Å². The van der Waals surface area contributed by atoms with Crippen molar-refractivity contribution in [2.24, 2.45) is 11.7 Å². The van der Waals surface area contributed by atoms with Crippen LogP contribution in [0.3, 0.4) is 0 Å². The average Bonchev–Trinajstić information content (AvgIpc) is 3.22. The number of likely N-dealkylation sites (tertiary alicyclic amines) is 1. The number of nitrogens with zero attached hydrogens (tertiary/aromatic N) is 1. The second kappa shape index (κ2) is 14.7. The van der Waals surface area contributed by atoms with Gasteiger partial charge >= 0.3 is 0 Å². The van der Waals surface area contributed by atoms with Gasteiger partial charge < -0.3 is 35.4 Å². The summed E-state index contributed by atoms with van der Waals surface area (Å²) in [7, 11) is 0. The number of hydrogen-bond donors (Lipinski definition) is 5. The summed E-state index contributed by atoms with van der Waals surface area (Å²) in [6.07, 6.45) is -1.51. The first kappa shape index (κ1) is 31.0. The molecular formula is C29H44FN3O6. The molecule has 0 aromatic heterocycles. The third-order valence-electron chi connectivity index (χ3n) is 7.50. The van der Waals surface area contributed by atoms with Gasteiger partial charge in [-0.15, -0.1) is 0 Å². The molecule has 3 rings (SSSR count). The van der Waals surface area contributed by atoms with Crippen LogP contribution in [0.25, 0.3) is 0 Å². The summed E-state index contributed by atoms with van der Waals surface area (Å²) in [6, 6.07) is 7.88. The summed E-state index contributed by atoms with van der Waals surface area (Å²) in [4.78, 5) is 14.5. The quantitative estimate of drug-likeness (QED) is 0.222. The highest BCUT2D eigenvalue weighted by Crippen LogP contribution is 2.26. The molecule has 0 radical (unpaired) electrons. The standard InChI is InChI=1S/C29H44FN3O6/c1-18(2)25(31)21(28(32)39-29-27(37)26(36)24(30)22(17-34)38-29)16-20-12-10-19(11-13-20)8-7-9-23(35)33-14-5-3-4-6-15-33/h10-13,18,22,24,26-27,29,32,34,36-37H,3-9,14-17,31H2,1-2H3/b25-21-,32-28?. The van der Waals surface area contributed by atoms with Crippen LogP contribution in [0.2, 0.25) is 0 Å². The highest BCUT2D eigenvalue weighted by Gasteiger charge is 2.46. The number of rotatable bonds is 10. The van der Waals surface area contributed by atoms with Crippen molar-refractivity contribution in [3.63, 3.8) is 0 Å². The fraction of sp³-hybridized carbons (Fsp3) is 0.655. The van der Waals surface area contributed by atoms with Gasteiger partial charge in [-0.05, 0) is 42.7 Å². The Bertz CT molecular complexity index is 976. The second-order valence-corrected chi connectivity index (χ2v) is 10.8. The summed E-state index contributed by atoms with van der Waals surface area (Å²) in [6.45, 7) is 4.78. The Morgan fingerprint density at radius 2 is 1.74 bits per heavy atom. The molecule has 1 aromatic rings. The Labute approximate surface area is 230 Å². The maximum absolute atomic E-state index is 14.1. The van der Waals surface area contributed by atoms with E-state index in [2.05, 4.69) is 0 Å². The Hall–Kier alpha value is -2.53. The molecular weight excluding hydrogens is 505 g/mol. The molecule has 0 aliphatic carbocycles. The van der Waals surface area contributed by atoms with Crippen LogP contribution in [0.4, 0.5) is 4.39 Å². The van der Waals surface area contributed by atoms with Gasteiger partial charge in [-0.2, -0.15) is 0 Å². The van der Waals surface area contributed by atoms with E-state index in [-0.39, 0.29) is 24.1 Å². The molecule has 1 amide bonds. The number of nitrogens with one attached hydrogen (secondary N) is 1. The van der Waals surface area contributed by atoms with E-state index >= 15 is 0 Å². The van der Waals surface area contributed by atoms with Crippen molar-refractivity contribution in [3.05, 3.63) is 46.7 Å². The van der Waals surface area contributed by atoms with Gasteiger partial charge in [0.25, 0.3) is 0 Å². The number of allylic oxidation sites excluding steroid dienone is 1. The highest BCUT2D eigenvalue weighted by molar-refractivity contribution is 5.92. The molecule has 2 aliphatic rings. The lowest BCUT2D eigenvalue weighted by Crippen LogP contribution is -2.58. The van der Waals surface area contributed by atoms with Gasteiger partial charge in [0.15, 0.2) is 6.17 Å².